The topological polar surface area (TPSA) is 76.7 Å². The highest BCUT2D eigenvalue weighted by molar-refractivity contribution is 5.94. The van der Waals surface area contributed by atoms with Gasteiger partial charge in [0.05, 0.1) is 18.7 Å². The number of esters is 1. The monoisotopic (exact) mass is 380 g/mol. The highest BCUT2D eigenvalue weighted by Crippen LogP contribution is 2.20. The summed E-state index contributed by atoms with van der Waals surface area (Å²) in [5.41, 5.74) is 3.01. The molecule has 3 rings (SSSR count). The number of methoxy groups -OCH3 is 1. The predicted molar refractivity (Wildman–Crippen MR) is 106 cm³/mol. The molecule has 0 bridgehead atoms. The minimum absolute atomic E-state index is 0.152. The van der Waals surface area contributed by atoms with Gasteiger partial charge in [0.2, 0.25) is 0 Å². The van der Waals surface area contributed by atoms with Gasteiger partial charge in [0.1, 0.15) is 12.4 Å². The standard InChI is InChI=1S/C22H24N2O4/c1-15-20(21(25)28-14-17-8-11-18(27-2)12-9-17)19(24-22(26)23-15)13-10-16-6-4-3-5-7-16/h3-9,11-12,19H,10,13-14H2,1-2H3,(H2,23,24,26). The highest BCUT2D eigenvalue weighted by atomic mass is 16.5. The number of urea groups is 1. The molecule has 2 N–H and O–H groups in total. The van der Waals surface area contributed by atoms with Crippen LogP contribution in [0, 0.1) is 0 Å². The van der Waals surface area contributed by atoms with E-state index in [9.17, 15) is 9.59 Å². The number of rotatable bonds is 7. The van der Waals surface area contributed by atoms with E-state index in [1.54, 1.807) is 14.0 Å². The van der Waals surface area contributed by atoms with Crippen LogP contribution in [0.25, 0.3) is 0 Å². The molecule has 6 heteroatoms. The average Bonchev–Trinajstić information content (AvgIpc) is 2.71. The molecule has 6 nitrogen and oxygen atoms in total. The first-order chi connectivity index (χ1) is 13.6. The van der Waals surface area contributed by atoms with Crippen LogP contribution in [0.15, 0.2) is 65.9 Å². The Hall–Kier alpha value is -3.28. The minimum atomic E-state index is -0.432. The highest BCUT2D eigenvalue weighted by Gasteiger charge is 2.30. The van der Waals surface area contributed by atoms with Crippen LogP contribution in [0.5, 0.6) is 5.75 Å². The Morgan fingerprint density at radius 3 is 2.43 bits per heavy atom. The number of benzene rings is 2. The molecule has 1 aliphatic rings. The summed E-state index contributed by atoms with van der Waals surface area (Å²) >= 11 is 0. The fraction of sp³-hybridized carbons (Fsp3) is 0.273. The molecule has 1 aliphatic heterocycles. The summed E-state index contributed by atoms with van der Waals surface area (Å²) in [5, 5.41) is 5.50. The van der Waals surface area contributed by atoms with Gasteiger partial charge in [-0.2, -0.15) is 0 Å². The van der Waals surface area contributed by atoms with Gasteiger partial charge >= 0.3 is 12.0 Å². The van der Waals surface area contributed by atoms with Crippen molar-refractivity contribution in [3.63, 3.8) is 0 Å². The van der Waals surface area contributed by atoms with E-state index >= 15 is 0 Å². The molecule has 1 atom stereocenters. The van der Waals surface area contributed by atoms with Crippen LogP contribution in [0.3, 0.4) is 0 Å². The molecule has 2 amide bonds. The fourth-order valence-electron chi connectivity index (χ4n) is 3.18. The molecule has 0 saturated heterocycles. The molecular weight excluding hydrogens is 356 g/mol. The smallest absolute Gasteiger partial charge is 0.338 e. The lowest BCUT2D eigenvalue weighted by molar-refractivity contribution is -0.140. The normalized spacial score (nSPS) is 16.2. The maximum Gasteiger partial charge on any atom is 0.338 e. The van der Waals surface area contributed by atoms with Crippen molar-refractivity contribution in [1.29, 1.82) is 0 Å². The summed E-state index contributed by atoms with van der Waals surface area (Å²) in [4.78, 5) is 24.6. The number of amides is 2. The van der Waals surface area contributed by atoms with Gasteiger partial charge in [0, 0.05) is 5.70 Å². The van der Waals surface area contributed by atoms with E-state index in [1.165, 1.54) is 0 Å². The predicted octanol–water partition coefficient (Wildman–Crippen LogP) is 3.33. The van der Waals surface area contributed by atoms with Crippen molar-refractivity contribution >= 4 is 12.0 Å². The van der Waals surface area contributed by atoms with Crippen molar-refractivity contribution in [2.45, 2.75) is 32.4 Å². The molecule has 2 aromatic carbocycles. The SMILES string of the molecule is COc1ccc(COC(=O)C2=C(C)NC(=O)NC2CCc2ccccc2)cc1. The first kappa shape index (κ1) is 19.5. The van der Waals surface area contributed by atoms with Gasteiger partial charge in [-0.1, -0.05) is 42.5 Å². The summed E-state index contributed by atoms with van der Waals surface area (Å²) in [6.07, 6.45) is 1.36. The van der Waals surface area contributed by atoms with Gasteiger partial charge in [-0.05, 0) is 43.0 Å². The van der Waals surface area contributed by atoms with Crippen molar-refractivity contribution in [2.75, 3.05) is 7.11 Å². The number of hydrogen-bond donors (Lipinski definition) is 2. The lowest BCUT2D eigenvalue weighted by Crippen LogP contribution is -2.50. The van der Waals surface area contributed by atoms with Crippen LogP contribution in [-0.4, -0.2) is 25.2 Å². The lowest BCUT2D eigenvalue weighted by atomic mass is 9.96. The summed E-state index contributed by atoms with van der Waals surface area (Å²) in [6.45, 7) is 1.87. The molecule has 0 saturated carbocycles. The molecule has 2 aromatic rings. The van der Waals surface area contributed by atoms with Gasteiger partial charge in [-0.3, -0.25) is 0 Å². The quantitative estimate of drug-likeness (QED) is 0.723. The van der Waals surface area contributed by atoms with Crippen LogP contribution >= 0.6 is 0 Å². The van der Waals surface area contributed by atoms with Gasteiger partial charge in [0.15, 0.2) is 0 Å². The number of hydrogen-bond acceptors (Lipinski definition) is 4. The number of nitrogens with one attached hydrogen (secondary N) is 2. The minimum Gasteiger partial charge on any atom is -0.497 e. The van der Waals surface area contributed by atoms with E-state index in [4.69, 9.17) is 9.47 Å². The number of aryl methyl sites for hydroxylation is 1. The third kappa shape index (κ3) is 4.91. The second-order valence-corrected chi connectivity index (χ2v) is 6.64. The summed E-state index contributed by atoms with van der Waals surface area (Å²) < 4.78 is 10.6. The average molecular weight is 380 g/mol. The number of carbonyl (C=O) groups excluding carboxylic acids is 2. The van der Waals surface area contributed by atoms with E-state index in [0.717, 1.165) is 23.3 Å². The molecule has 28 heavy (non-hydrogen) atoms. The Labute approximate surface area is 164 Å². The van der Waals surface area contributed by atoms with E-state index in [0.29, 0.717) is 17.7 Å². The zero-order valence-electron chi connectivity index (χ0n) is 16.0. The Kier molecular flexibility index (Phi) is 6.32. The Balaban J connectivity index is 1.67. The summed E-state index contributed by atoms with van der Waals surface area (Å²) in [5.74, 6) is 0.313. The van der Waals surface area contributed by atoms with Crippen LogP contribution in [0.2, 0.25) is 0 Å². The Morgan fingerprint density at radius 1 is 1.04 bits per heavy atom. The first-order valence-corrected chi connectivity index (χ1v) is 9.19. The molecule has 1 heterocycles. The molecule has 0 aromatic heterocycles. The molecule has 1 unspecified atom stereocenters. The second kappa shape index (κ2) is 9.08. The fourth-order valence-corrected chi connectivity index (χ4v) is 3.18. The summed E-state index contributed by atoms with van der Waals surface area (Å²) in [7, 11) is 1.60. The van der Waals surface area contributed by atoms with Gasteiger partial charge in [-0.25, -0.2) is 9.59 Å². The summed E-state index contributed by atoms with van der Waals surface area (Å²) in [6, 6.07) is 16.6. The Morgan fingerprint density at radius 2 is 1.75 bits per heavy atom. The largest absolute Gasteiger partial charge is 0.497 e. The second-order valence-electron chi connectivity index (χ2n) is 6.64. The van der Waals surface area contributed by atoms with Gasteiger partial charge in [0.25, 0.3) is 0 Å². The van der Waals surface area contributed by atoms with E-state index in [-0.39, 0.29) is 12.6 Å². The van der Waals surface area contributed by atoms with Gasteiger partial charge < -0.3 is 20.1 Å². The molecule has 146 valence electrons. The number of allylic oxidation sites excluding steroid dienone is 1. The van der Waals surface area contributed by atoms with E-state index < -0.39 is 12.0 Å². The van der Waals surface area contributed by atoms with Gasteiger partial charge in [-0.15, -0.1) is 0 Å². The number of carbonyl (C=O) groups is 2. The third-order valence-corrected chi connectivity index (χ3v) is 4.67. The molecule has 0 spiro atoms. The van der Waals surface area contributed by atoms with Crippen LogP contribution in [-0.2, 0) is 22.6 Å². The van der Waals surface area contributed by atoms with Crippen LogP contribution < -0.4 is 15.4 Å². The molecule has 0 fully saturated rings. The maximum atomic E-state index is 12.7. The van der Waals surface area contributed by atoms with E-state index in [1.807, 2.05) is 54.6 Å². The van der Waals surface area contributed by atoms with Crippen LogP contribution in [0.4, 0.5) is 4.79 Å². The lowest BCUT2D eigenvalue weighted by Gasteiger charge is -2.28. The molecule has 0 aliphatic carbocycles. The zero-order valence-corrected chi connectivity index (χ0v) is 16.0. The number of ether oxygens (including phenoxy) is 2. The van der Waals surface area contributed by atoms with Crippen molar-refractivity contribution < 1.29 is 19.1 Å². The first-order valence-electron chi connectivity index (χ1n) is 9.19. The van der Waals surface area contributed by atoms with Crippen molar-refractivity contribution in [2.24, 2.45) is 0 Å². The van der Waals surface area contributed by atoms with Crippen molar-refractivity contribution in [3.8, 4) is 5.75 Å². The zero-order chi connectivity index (χ0) is 19.9. The van der Waals surface area contributed by atoms with Crippen molar-refractivity contribution in [3.05, 3.63) is 77.0 Å². The molecular formula is C22H24N2O4. The van der Waals surface area contributed by atoms with Crippen LogP contribution in [0.1, 0.15) is 24.5 Å². The molecule has 0 radical (unpaired) electrons. The van der Waals surface area contributed by atoms with E-state index in [2.05, 4.69) is 10.6 Å². The maximum absolute atomic E-state index is 12.7. The third-order valence-electron chi connectivity index (χ3n) is 4.67. The van der Waals surface area contributed by atoms with Crippen molar-refractivity contribution in [1.82, 2.24) is 10.6 Å². The Bertz CT molecular complexity index is 860.